The Bertz CT molecular complexity index is 954. The van der Waals surface area contributed by atoms with Crippen LogP contribution in [0.15, 0.2) is 54.9 Å². The summed E-state index contributed by atoms with van der Waals surface area (Å²) >= 11 is 0. The van der Waals surface area contributed by atoms with Crippen molar-refractivity contribution in [2.75, 3.05) is 14.2 Å². The number of hydrogen-bond acceptors (Lipinski definition) is 6. The number of hydrogen-bond donors (Lipinski definition) is 1. The van der Waals surface area contributed by atoms with Crippen molar-refractivity contribution in [1.29, 1.82) is 0 Å². The number of nitro groups is 1. The first-order valence-electron chi connectivity index (χ1n) is 8.19. The van der Waals surface area contributed by atoms with Gasteiger partial charge in [0.05, 0.1) is 25.7 Å². The molecule has 0 fully saturated rings. The predicted octanol–water partition coefficient (Wildman–Crippen LogP) is 3.21. The van der Waals surface area contributed by atoms with Gasteiger partial charge >= 0.3 is 0 Å². The summed E-state index contributed by atoms with van der Waals surface area (Å²) in [5, 5.41) is 21.8. The van der Waals surface area contributed by atoms with Gasteiger partial charge < -0.3 is 19.1 Å². The molecule has 1 unspecified atom stereocenters. The quantitative estimate of drug-likeness (QED) is 0.507. The maximum atomic E-state index is 11.0. The molecule has 1 atom stereocenters. The molecule has 8 heteroatoms. The second kappa shape index (κ2) is 7.88. The molecule has 3 aromatic rings. The Morgan fingerprint density at radius 1 is 1.22 bits per heavy atom. The van der Waals surface area contributed by atoms with Crippen molar-refractivity contribution in [3.63, 3.8) is 0 Å². The van der Waals surface area contributed by atoms with Gasteiger partial charge in [0.25, 0.3) is 5.69 Å². The molecule has 1 aromatic heterocycles. The van der Waals surface area contributed by atoms with E-state index in [2.05, 4.69) is 4.98 Å². The Balaban J connectivity index is 1.91. The number of non-ortho nitro benzene ring substituents is 1. The third kappa shape index (κ3) is 3.90. The molecule has 2 aromatic carbocycles. The largest absolute Gasteiger partial charge is 0.497 e. The van der Waals surface area contributed by atoms with E-state index in [1.165, 1.54) is 19.2 Å². The van der Waals surface area contributed by atoms with Crippen molar-refractivity contribution >= 4 is 5.69 Å². The molecule has 0 radical (unpaired) electrons. The third-order valence-electron chi connectivity index (χ3n) is 4.20. The maximum absolute atomic E-state index is 11.0. The standard InChI is InChI=1S/C19H19N3O5/c1-26-15-6-7-18(27-2)16(11-15)17(23)12-21-9-8-20-19(21)13-4-3-5-14(10-13)22(24)25/h3-11,17,23H,12H2,1-2H3. The average Bonchev–Trinajstić information content (AvgIpc) is 3.15. The number of ether oxygens (including phenoxy) is 2. The van der Waals surface area contributed by atoms with E-state index in [4.69, 9.17) is 9.47 Å². The number of aromatic nitrogens is 2. The summed E-state index contributed by atoms with van der Waals surface area (Å²) in [4.78, 5) is 14.8. The number of benzene rings is 2. The van der Waals surface area contributed by atoms with Gasteiger partial charge in [0, 0.05) is 35.7 Å². The lowest BCUT2D eigenvalue weighted by molar-refractivity contribution is -0.384. The molecule has 1 heterocycles. The first-order valence-corrected chi connectivity index (χ1v) is 8.19. The van der Waals surface area contributed by atoms with Crippen LogP contribution in [0.1, 0.15) is 11.7 Å². The Morgan fingerprint density at radius 3 is 2.74 bits per heavy atom. The van der Waals surface area contributed by atoms with Crippen molar-refractivity contribution in [3.05, 3.63) is 70.5 Å². The van der Waals surface area contributed by atoms with Gasteiger partial charge in [-0.2, -0.15) is 0 Å². The molecule has 8 nitrogen and oxygen atoms in total. The van der Waals surface area contributed by atoms with Crippen LogP contribution >= 0.6 is 0 Å². The molecule has 0 aliphatic rings. The van der Waals surface area contributed by atoms with Crippen LogP contribution in [-0.4, -0.2) is 33.8 Å². The normalized spacial score (nSPS) is 11.8. The van der Waals surface area contributed by atoms with Crippen molar-refractivity contribution < 1.29 is 19.5 Å². The Labute approximate surface area is 155 Å². The SMILES string of the molecule is COc1ccc(OC)c(C(O)Cn2ccnc2-c2cccc([N+](=O)[O-])c2)c1. The Morgan fingerprint density at radius 2 is 2.04 bits per heavy atom. The first kappa shape index (κ1) is 18.4. The monoisotopic (exact) mass is 369 g/mol. The van der Waals surface area contributed by atoms with Crippen molar-refractivity contribution in [2.45, 2.75) is 12.6 Å². The van der Waals surface area contributed by atoms with Gasteiger partial charge in [0.1, 0.15) is 23.4 Å². The van der Waals surface area contributed by atoms with Crippen molar-refractivity contribution in [3.8, 4) is 22.9 Å². The van der Waals surface area contributed by atoms with Crippen LogP contribution in [0.25, 0.3) is 11.4 Å². The fourth-order valence-corrected chi connectivity index (χ4v) is 2.86. The highest BCUT2D eigenvalue weighted by Crippen LogP contribution is 2.31. The fourth-order valence-electron chi connectivity index (χ4n) is 2.86. The van der Waals surface area contributed by atoms with E-state index in [-0.39, 0.29) is 12.2 Å². The molecule has 0 aliphatic carbocycles. The maximum Gasteiger partial charge on any atom is 0.270 e. The van der Waals surface area contributed by atoms with E-state index >= 15 is 0 Å². The number of nitro benzene ring substituents is 1. The fraction of sp³-hybridized carbons (Fsp3) is 0.211. The topological polar surface area (TPSA) is 99.7 Å². The van der Waals surface area contributed by atoms with Crippen molar-refractivity contribution in [1.82, 2.24) is 9.55 Å². The van der Waals surface area contributed by atoms with Crippen LogP contribution < -0.4 is 9.47 Å². The molecular weight excluding hydrogens is 350 g/mol. The van der Waals surface area contributed by atoms with Crippen LogP contribution in [-0.2, 0) is 6.54 Å². The number of imidazole rings is 1. The number of aliphatic hydroxyl groups excluding tert-OH is 1. The van der Waals surface area contributed by atoms with E-state index in [0.717, 1.165) is 0 Å². The minimum Gasteiger partial charge on any atom is -0.497 e. The zero-order valence-corrected chi connectivity index (χ0v) is 14.9. The summed E-state index contributed by atoms with van der Waals surface area (Å²) in [7, 11) is 3.08. The first-order chi connectivity index (χ1) is 13.0. The van der Waals surface area contributed by atoms with Gasteiger partial charge in [-0.3, -0.25) is 10.1 Å². The molecule has 0 saturated carbocycles. The molecule has 0 saturated heterocycles. The van der Waals surface area contributed by atoms with E-state index in [1.807, 2.05) is 0 Å². The van der Waals surface area contributed by atoms with Crippen LogP contribution in [0.5, 0.6) is 11.5 Å². The number of aliphatic hydroxyl groups is 1. The second-order valence-electron chi connectivity index (χ2n) is 5.83. The highest BCUT2D eigenvalue weighted by Gasteiger charge is 2.18. The van der Waals surface area contributed by atoms with Gasteiger partial charge in [-0.1, -0.05) is 12.1 Å². The lowest BCUT2D eigenvalue weighted by Gasteiger charge is -2.17. The highest BCUT2D eigenvalue weighted by atomic mass is 16.6. The summed E-state index contributed by atoms with van der Waals surface area (Å²) < 4.78 is 12.3. The minimum absolute atomic E-state index is 0.0166. The molecular formula is C19H19N3O5. The number of methoxy groups -OCH3 is 2. The summed E-state index contributed by atoms with van der Waals surface area (Å²) in [5.41, 5.74) is 1.16. The summed E-state index contributed by atoms with van der Waals surface area (Å²) in [5.74, 6) is 1.68. The molecule has 1 N–H and O–H groups in total. The number of rotatable bonds is 7. The van der Waals surface area contributed by atoms with E-state index in [9.17, 15) is 15.2 Å². The van der Waals surface area contributed by atoms with Crippen LogP contribution in [0.3, 0.4) is 0 Å². The van der Waals surface area contributed by atoms with Gasteiger partial charge in [-0.15, -0.1) is 0 Å². The summed E-state index contributed by atoms with van der Waals surface area (Å²) in [6, 6.07) is 11.4. The third-order valence-corrected chi connectivity index (χ3v) is 4.20. The lowest BCUT2D eigenvalue weighted by Crippen LogP contribution is -2.10. The average molecular weight is 369 g/mol. The molecule has 27 heavy (non-hydrogen) atoms. The lowest BCUT2D eigenvalue weighted by atomic mass is 10.1. The smallest absolute Gasteiger partial charge is 0.270 e. The molecule has 0 bridgehead atoms. The highest BCUT2D eigenvalue weighted by molar-refractivity contribution is 5.59. The molecule has 0 amide bonds. The Hall–Kier alpha value is -3.39. The molecule has 0 aliphatic heterocycles. The van der Waals surface area contributed by atoms with Crippen LogP contribution in [0.2, 0.25) is 0 Å². The van der Waals surface area contributed by atoms with Crippen molar-refractivity contribution in [2.24, 2.45) is 0 Å². The number of nitrogens with zero attached hydrogens (tertiary/aromatic N) is 3. The van der Waals surface area contributed by atoms with Gasteiger partial charge in [-0.05, 0) is 18.2 Å². The van der Waals surface area contributed by atoms with Crippen LogP contribution in [0, 0.1) is 10.1 Å². The molecule has 140 valence electrons. The Kier molecular flexibility index (Phi) is 5.37. The molecule has 3 rings (SSSR count). The van der Waals surface area contributed by atoms with Crippen LogP contribution in [0.4, 0.5) is 5.69 Å². The van der Waals surface area contributed by atoms with E-state index < -0.39 is 11.0 Å². The van der Waals surface area contributed by atoms with E-state index in [0.29, 0.717) is 28.5 Å². The minimum atomic E-state index is -0.887. The van der Waals surface area contributed by atoms with Gasteiger partial charge in [0.15, 0.2) is 0 Å². The zero-order valence-electron chi connectivity index (χ0n) is 14.9. The second-order valence-corrected chi connectivity index (χ2v) is 5.83. The molecule has 0 spiro atoms. The van der Waals surface area contributed by atoms with E-state index in [1.54, 1.807) is 54.4 Å². The summed E-state index contributed by atoms with van der Waals surface area (Å²) in [6.07, 6.45) is 2.41. The van der Waals surface area contributed by atoms with Gasteiger partial charge in [0.2, 0.25) is 0 Å². The van der Waals surface area contributed by atoms with Gasteiger partial charge in [-0.25, -0.2) is 4.98 Å². The predicted molar refractivity (Wildman–Crippen MR) is 98.8 cm³/mol. The summed E-state index contributed by atoms with van der Waals surface area (Å²) in [6.45, 7) is 0.196. The zero-order chi connectivity index (χ0) is 19.4.